The van der Waals surface area contributed by atoms with Crippen molar-refractivity contribution in [3.63, 3.8) is 0 Å². The number of aryl methyl sites for hydroxylation is 2. The minimum Gasteiger partial charge on any atom is -0.346 e. The van der Waals surface area contributed by atoms with Gasteiger partial charge in [0.15, 0.2) is 0 Å². The van der Waals surface area contributed by atoms with Gasteiger partial charge in [-0.25, -0.2) is 4.98 Å². The number of carbonyl (C=O) groups excluding carboxylic acids is 1. The number of amides is 1. The van der Waals surface area contributed by atoms with E-state index in [1.165, 1.54) is 16.9 Å². The second-order valence-electron chi connectivity index (χ2n) is 5.46. The van der Waals surface area contributed by atoms with Crippen molar-refractivity contribution in [3.05, 3.63) is 58.7 Å². The van der Waals surface area contributed by atoms with Gasteiger partial charge in [-0.2, -0.15) is 0 Å². The number of benzene rings is 1. The lowest BCUT2D eigenvalue weighted by atomic mass is 10.1. The van der Waals surface area contributed by atoms with Crippen LogP contribution in [0.4, 0.5) is 5.69 Å². The molecule has 0 saturated carbocycles. The number of rotatable bonds is 4. The van der Waals surface area contributed by atoms with E-state index in [0.717, 1.165) is 28.5 Å². The summed E-state index contributed by atoms with van der Waals surface area (Å²) < 4.78 is 2.07. The van der Waals surface area contributed by atoms with Gasteiger partial charge in [-0.15, -0.1) is 11.3 Å². The van der Waals surface area contributed by atoms with Gasteiger partial charge < -0.3 is 9.88 Å². The van der Waals surface area contributed by atoms with Crippen molar-refractivity contribution in [2.75, 3.05) is 5.32 Å². The van der Waals surface area contributed by atoms with Gasteiger partial charge in [-0.05, 0) is 43.2 Å². The summed E-state index contributed by atoms with van der Waals surface area (Å²) in [7, 11) is 2.00. The van der Waals surface area contributed by atoms with Gasteiger partial charge in [-0.3, -0.25) is 4.79 Å². The lowest BCUT2D eigenvalue weighted by Gasteiger charge is -2.04. The fraction of sp³-hybridized carbons (Fsp3) is 0.222. The summed E-state index contributed by atoms with van der Waals surface area (Å²) in [5, 5.41) is 5.55. The number of hydrogen-bond acceptors (Lipinski definition) is 3. The van der Waals surface area contributed by atoms with Crippen LogP contribution in [-0.2, 0) is 13.5 Å². The molecule has 0 fully saturated rings. The van der Waals surface area contributed by atoms with Crippen molar-refractivity contribution in [3.8, 4) is 10.7 Å². The third-order valence-electron chi connectivity index (χ3n) is 3.95. The Morgan fingerprint density at radius 2 is 1.96 bits per heavy atom. The van der Waals surface area contributed by atoms with Gasteiger partial charge in [0.2, 0.25) is 0 Å². The molecule has 0 unspecified atom stereocenters. The van der Waals surface area contributed by atoms with E-state index in [9.17, 15) is 4.79 Å². The quantitative estimate of drug-likeness (QED) is 0.778. The van der Waals surface area contributed by atoms with E-state index < -0.39 is 0 Å². The van der Waals surface area contributed by atoms with Crippen LogP contribution in [0, 0.1) is 6.92 Å². The monoisotopic (exact) mass is 325 g/mol. The molecule has 0 aliphatic heterocycles. The first kappa shape index (κ1) is 15.5. The van der Waals surface area contributed by atoms with E-state index in [1.54, 1.807) is 5.38 Å². The average molecular weight is 325 g/mol. The SMILES string of the molecule is CCc1ccc(NC(=O)c2csc(-c3ccc(C)n3C)n2)cc1. The van der Waals surface area contributed by atoms with Crippen LogP contribution in [0.5, 0.6) is 0 Å². The van der Waals surface area contributed by atoms with E-state index >= 15 is 0 Å². The highest BCUT2D eigenvalue weighted by molar-refractivity contribution is 7.13. The molecule has 0 aliphatic carbocycles. The highest BCUT2D eigenvalue weighted by Crippen LogP contribution is 2.25. The van der Waals surface area contributed by atoms with Gasteiger partial charge in [-0.1, -0.05) is 19.1 Å². The zero-order chi connectivity index (χ0) is 16.4. The van der Waals surface area contributed by atoms with Crippen LogP contribution in [0.2, 0.25) is 0 Å². The van der Waals surface area contributed by atoms with Gasteiger partial charge >= 0.3 is 0 Å². The first-order valence-electron chi connectivity index (χ1n) is 7.57. The van der Waals surface area contributed by atoms with Crippen molar-refractivity contribution in [1.29, 1.82) is 0 Å². The molecule has 0 aliphatic rings. The molecule has 0 bridgehead atoms. The minimum atomic E-state index is -0.178. The number of thiazole rings is 1. The molecule has 1 N–H and O–H groups in total. The second kappa shape index (κ2) is 6.38. The summed E-state index contributed by atoms with van der Waals surface area (Å²) in [6.07, 6.45) is 0.986. The summed E-state index contributed by atoms with van der Waals surface area (Å²) >= 11 is 1.48. The molecule has 3 aromatic rings. The Bertz CT molecular complexity index is 830. The fourth-order valence-electron chi connectivity index (χ4n) is 2.34. The predicted molar refractivity (Wildman–Crippen MR) is 95.0 cm³/mol. The van der Waals surface area contributed by atoms with E-state index in [-0.39, 0.29) is 5.91 Å². The molecule has 0 spiro atoms. The predicted octanol–water partition coefficient (Wildman–Crippen LogP) is 4.27. The van der Waals surface area contributed by atoms with E-state index in [0.29, 0.717) is 5.69 Å². The largest absolute Gasteiger partial charge is 0.346 e. The van der Waals surface area contributed by atoms with Gasteiger partial charge in [0.25, 0.3) is 5.91 Å². The van der Waals surface area contributed by atoms with Crippen molar-refractivity contribution >= 4 is 22.9 Å². The lowest BCUT2D eigenvalue weighted by Crippen LogP contribution is -2.12. The van der Waals surface area contributed by atoms with Crippen molar-refractivity contribution < 1.29 is 4.79 Å². The summed E-state index contributed by atoms with van der Waals surface area (Å²) in [6.45, 7) is 4.15. The highest BCUT2D eigenvalue weighted by atomic mass is 32.1. The molecule has 5 heteroatoms. The molecular formula is C18H19N3OS. The molecule has 0 saturated heterocycles. The molecule has 2 aromatic heterocycles. The molecule has 2 heterocycles. The van der Waals surface area contributed by atoms with Crippen LogP contribution >= 0.6 is 11.3 Å². The molecule has 23 heavy (non-hydrogen) atoms. The lowest BCUT2D eigenvalue weighted by molar-refractivity contribution is 0.102. The Labute approximate surface area is 139 Å². The summed E-state index contributed by atoms with van der Waals surface area (Å²) in [5.74, 6) is -0.178. The second-order valence-corrected chi connectivity index (χ2v) is 6.32. The standard InChI is InChI=1S/C18H19N3OS/c1-4-13-6-8-14(9-7-13)19-17(22)15-11-23-18(20-15)16-10-5-12(2)21(16)3/h5-11H,4H2,1-3H3,(H,19,22). The van der Waals surface area contributed by atoms with Crippen LogP contribution in [0.3, 0.4) is 0 Å². The van der Waals surface area contributed by atoms with Crippen LogP contribution in [-0.4, -0.2) is 15.5 Å². The van der Waals surface area contributed by atoms with Gasteiger partial charge in [0.05, 0.1) is 5.69 Å². The van der Waals surface area contributed by atoms with Gasteiger partial charge in [0.1, 0.15) is 10.7 Å². The summed E-state index contributed by atoms with van der Waals surface area (Å²) in [4.78, 5) is 16.8. The number of hydrogen-bond donors (Lipinski definition) is 1. The first-order chi connectivity index (χ1) is 11.1. The number of carbonyl (C=O) groups is 1. The number of anilines is 1. The third-order valence-corrected chi connectivity index (χ3v) is 4.81. The summed E-state index contributed by atoms with van der Waals surface area (Å²) in [5.41, 5.74) is 4.67. The number of aromatic nitrogens is 2. The smallest absolute Gasteiger partial charge is 0.275 e. The molecule has 118 valence electrons. The average Bonchev–Trinajstić information content (AvgIpc) is 3.16. The molecule has 1 aromatic carbocycles. The molecule has 0 atom stereocenters. The molecule has 0 radical (unpaired) electrons. The van der Waals surface area contributed by atoms with Gasteiger partial charge in [0, 0.05) is 23.8 Å². The van der Waals surface area contributed by atoms with Crippen LogP contribution in [0.1, 0.15) is 28.7 Å². The van der Waals surface area contributed by atoms with E-state index in [2.05, 4.69) is 21.8 Å². The Morgan fingerprint density at radius 1 is 1.22 bits per heavy atom. The van der Waals surface area contributed by atoms with Crippen molar-refractivity contribution in [2.45, 2.75) is 20.3 Å². The maximum atomic E-state index is 12.3. The highest BCUT2D eigenvalue weighted by Gasteiger charge is 2.14. The minimum absolute atomic E-state index is 0.178. The Kier molecular flexibility index (Phi) is 4.30. The van der Waals surface area contributed by atoms with Crippen LogP contribution in [0.15, 0.2) is 41.8 Å². The van der Waals surface area contributed by atoms with E-state index in [1.807, 2.05) is 50.4 Å². The first-order valence-corrected chi connectivity index (χ1v) is 8.45. The molecule has 4 nitrogen and oxygen atoms in total. The molecular weight excluding hydrogens is 306 g/mol. The number of nitrogens with zero attached hydrogens (tertiary/aromatic N) is 2. The zero-order valence-electron chi connectivity index (χ0n) is 13.5. The Hall–Kier alpha value is -2.40. The normalized spacial score (nSPS) is 10.7. The Morgan fingerprint density at radius 3 is 2.57 bits per heavy atom. The van der Waals surface area contributed by atoms with Crippen molar-refractivity contribution in [2.24, 2.45) is 7.05 Å². The molecule has 3 rings (SSSR count). The maximum absolute atomic E-state index is 12.3. The zero-order valence-corrected chi connectivity index (χ0v) is 14.3. The third kappa shape index (κ3) is 3.19. The topological polar surface area (TPSA) is 46.9 Å². The summed E-state index contributed by atoms with van der Waals surface area (Å²) in [6, 6.07) is 12.0. The number of nitrogens with one attached hydrogen (secondary N) is 1. The van der Waals surface area contributed by atoms with E-state index in [4.69, 9.17) is 0 Å². The van der Waals surface area contributed by atoms with Crippen LogP contribution in [0.25, 0.3) is 10.7 Å². The molecule has 1 amide bonds. The Balaban J connectivity index is 1.76. The van der Waals surface area contributed by atoms with Crippen LogP contribution < -0.4 is 5.32 Å². The fourth-order valence-corrected chi connectivity index (χ4v) is 3.20. The van der Waals surface area contributed by atoms with Crippen molar-refractivity contribution in [1.82, 2.24) is 9.55 Å². The maximum Gasteiger partial charge on any atom is 0.275 e.